The molecule has 5 aromatic carbocycles. The Kier molecular flexibility index (Phi) is 5.41. The van der Waals surface area contributed by atoms with Gasteiger partial charge in [0.05, 0.1) is 0 Å². The van der Waals surface area contributed by atoms with Gasteiger partial charge in [0, 0.05) is 4.47 Å². The van der Waals surface area contributed by atoms with Crippen LogP contribution in [-0.4, -0.2) is 0 Å². The summed E-state index contributed by atoms with van der Waals surface area (Å²) in [5, 5.41) is 5.10. The van der Waals surface area contributed by atoms with Crippen molar-refractivity contribution in [3.05, 3.63) is 105 Å². The van der Waals surface area contributed by atoms with Crippen molar-refractivity contribution in [1.82, 2.24) is 0 Å². The number of hydrogen-bond donors (Lipinski definition) is 0. The molecule has 0 aliphatic heterocycles. The lowest BCUT2D eigenvalue weighted by atomic mass is 9.87. The average molecular weight is 493 g/mol. The zero-order valence-corrected chi connectivity index (χ0v) is 21.8. The monoisotopic (exact) mass is 492 g/mol. The van der Waals surface area contributed by atoms with Crippen molar-refractivity contribution < 1.29 is 0 Å². The average Bonchev–Trinajstić information content (AvgIpc) is 2.73. The van der Waals surface area contributed by atoms with E-state index < -0.39 is 0 Å². The van der Waals surface area contributed by atoms with E-state index >= 15 is 0 Å². The van der Waals surface area contributed by atoms with E-state index in [-0.39, 0.29) is 0 Å². The summed E-state index contributed by atoms with van der Waals surface area (Å²) >= 11 is 3.99. The minimum atomic E-state index is 1.17. The molecule has 5 rings (SSSR count). The van der Waals surface area contributed by atoms with Crippen LogP contribution in [0.25, 0.3) is 43.8 Å². The molecule has 0 saturated heterocycles. The topological polar surface area (TPSA) is 0 Å². The predicted molar refractivity (Wildman–Crippen MR) is 148 cm³/mol. The van der Waals surface area contributed by atoms with Crippen LogP contribution in [0.5, 0.6) is 0 Å². The van der Waals surface area contributed by atoms with E-state index in [4.69, 9.17) is 0 Å². The summed E-state index contributed by atoms with van der Waals surface area (Å²) < 4.78 is 1.17. The SMILES string of the molecule is Cc1cc(C)c(-c2cccc3c(Br)c4cccc(-c5c(C)cc(C)cc5C)c4cc23)c(C)c1. The van der Waals surface area contributed by atoms with Gasteiger partial charge in [-0.2, -0.15) is 0 Å². The Labute approximate surface area is 205 Å². The maximum atomic E-state index is 3.99. The Morgan fingerprint density at radius 1 is 0.455 bits per heavy atom. The molecule has 0 bridgehead atoms. The first kappa shape index (κ1) is 21.9. The van der Waals surface area contributed by atoms with E-state index in [1.165, 1.54) is 81.7 Å². The van der Waals surface area contributed by atoms with Gasteiger partial charge in [-0.15, -0.1) is 0 Å². The molecule has 0 saturated carbocycles. The second-order valence-corrected chi connectivity index (χ2v) is 10.3. The molecule has 0 amide bonds. The summed E-state index contributed by atoms with van der Waals surface area (Å²) in [5.41, 5.74) is 13.2. The molecule has 0 N–H and O–H groups in total. The third-order valence-electron chi connectivity index (χ3n) is 6.87. The fraction of sp³-hybridized carbons (Fsp3) is 0.188. The van der Waals surface area contributed by atoms with Crippen LogP contribution >= 0.6 is 15.9 Å². The van der Waals surface area contributed by atoms with Gasteiger partial charge in [0.2, 0.25) is 0 Å². The summed E-state index contributed by atoms with van der Waals surface area (Å²) in [4.78, 5) is 0. The Balaban J connectivity index is 1.91. The zero-order chi connectivity index (χ0) is 23.4. The van der Waals surface area contributed by atoms with Crippen molar-refractivity contribution in [2.24, 2.45) is 0 Å². The lowest BCUT2D eigenvalue weighted by Gasteiger charge is -2.18. The number of benzene rings is 5. The fourth-order valence-corrected chi connectivity index (χ4v) is 6.45. The highest BCUT2D eigenvalue weighted by Crippen LogP contribution is 2.43. The summed E-state index contributed by atoms with van der Waals surface area (Å²) in [7, 11) is 0. The molecule has 1 heteroatoms. The van der Waals surface area contributed by atoms with Gasteiger partial charge in [-0.05, 0) is 130 Å². The molecule has 0 fully saturated rings. The van der Waals surface area contributed by atoms with Gasteiger partial charge in [-0.3, -0.25) is 0 Å². The number of hydrogen-bond acceptors (Lipinski definition) is 0. The number of aryl methyl sites for hydroxylation is 6. The molecule has 0 unspecified atom stereocenters. The van der Waals surface area contributed by atoms with Crippen molar-refractivity contribution in [3.8, 4) is 22.3 Å². The van der Waals surface area contributed by atoms with Crippen LogP contribution in [0.3, 0.4) is 0 Å². The predicted octanol–water partition coefficient (Wildman–Crippen LogP) is 9.94. The summed E-state index contributed by atoms with van der Waals surface area (Å²) in [6.07, 6.45) is 0. The molecule has 5 aromatic rings. The van der Waals surface area contributed by atoms with Crippen LogP contribution < -0.4 is 0 Å². The Hall–Kier alpha value is -2.90. The van der Waals surface area contributed by atoms with Gasteiger partial charge in [0.1, 0.15) is 0 Å². The lowest BCUT2D eigenvalue weighted by Crippen LogP contribution is -1.94. The van der Waals surface area contributed by atoms with Crippen molar-refractivity contribution in [2.45, 2.75) is 41.5 Å². The highest BCUT2D eigenvalue weighted by Gasteiger charge is 2.16. The Bertz CT molecular complexity index is 1410. The van der Waals surface area contributed by atoms with Crippen molar-refractivity contribution in [3.63, 3.8) is 0 Å². The third kappa shape index (κ3) is 3.60. The van der Waals surface area contributed by atoms with Crippen LogP contribution in [0.4, 0.5) is 0 Å². The van der Waals surface area contributed by atoms with Crippen molar-refractivity contribution in [1.29, 1.82) is 0 Å². The third-order valence-corrected chi connectivity index (χ3v) is 7.72. The van der Waals surface area contributed by atoms with E-state index in [0.717, 1.165) is 0 Å². The summed E-state index contributed by atoms with van der Waals surface area (Å²) in [6.45, 7) is 13.3. The lowest BCUT2D eigenvalue weighted by molar-refractivity contribution is 1.32. The van der Waals surface area contributed by atoms with Gasteiger partial charge in [-0.1, -0.05) is 71.8 Å². The molecule has 33 heavy (non-hydrogen) atoms. The van der Waals surface area contributed by atoms with Crippen molar-refractivity contribution in [2.75, 3.05) is 0 Å². The normalized spacial score (nSPS) is 11.5. The van der Waals surface area contributed by atoms with Crippen LogP contribution in [0, 0.1) is 41.5 Å². The maximum absolute atomic E-state index is 3.99. The smallest absolute Gasteiger partial charge is 0.0332 e. The van der Waals surface area contributed by atoms with E-state index in [1.807, 2.05) is 0 Å². The van der Waals surface area contributed by atoms with Gasteiger partial charge < -0.3 is 0 Å². The highest BCUT2D eigenvalue weighted by molar-refractivity contribution is 9.10. The molecule has 0 atom stereocenters. The molecule has 0 aromatic heterocycles. The first-order valence-electron chi connectivity index (χ1n) is 11.6. The first-order chi connectivity index (χ1) is 15.8. The van der Waals surface area contributed by atoms with E-state index in [9.17, 15) is 0 Å². The van der Waals surface area contributed by atoms with Crippen LogP contribution in [0.1, 0.15) is 33.4 Å². The molecule has 0 heterocycles. The maximum Gasteiger partial charge on any atom is 0.0332 e. The van der Waals surface area contributed by atoms with E-state index in [1.54, 1.807) is 0 Å². The van der Waals surface area contributed by atoms with Crippen molar-refractivity contribution >= 4 is 37.5 Å². The standard InChI is InChI=1S/C32H29Br/c1-18-13-20(3)30(21(4)14-18)24-9-7-11-26-28(24)17-29-25(10-8-12-27(29)32(26)33)31-22(5)15-19(2)16-23(31)6/h7-17H,1-6H3. The number of rotatable bonds is 2. The zero-order valence-electron chi connectivity index (χ0n) is 20.2. The minimum absolute atomic E-state index is 1.17. The minimum Gasteiger partial charge on any atom is -0.0610 e. The van der Waals surface area contributed by atoms with Crippen LogP contribution in [-0.2, 0) is 0 Å². The van der Waals surface area contributed by atoms with Crippen LogP contribution in [0.2, 0.25) is 0 Å². The molecule has 0 aliphatic carbocycles. The van der Waals surface area contributed by atoms with E-state index in [0.29, 0.717) is 0 Å². The second kappa shape index (κ2) is 8.15. The Morgan fingerprint density at radius 3 is 1.18 bits per heavy atom. The first-order valence-corrected chi connectivity index (χ1v) is 12.4. The quantitative estimate of drug-likeness (QED) is 0.215. The molecule has 0 radical (unpaired) electrons. The van der Waals surface area contributed by atoms with Gasteiger partial charge >= 0.3 is 0 Å². The highest BCUT2D eigenvalue weighted by atomic mass is 79.9. The number of fused-ring (bicyclic) bond motifs is 2. The fourth-order valence-electron chi connectivity index (χ4n) is 5.76. The van der Waals surface area contributed by atoms with E-state index in [2.05, 4.69) is 124 Å². The van der Waals surface area contributed by atoms with Gasteiger partial charge in [-0.25, -0.2) is 0 Å². The van der Waals surface area contributed by atoms with Gasteiger partial charge in [0.25, 0.3) is 0 Å². The molecular weight excluding hydrogens is 464 g/mol. The molecule has 164 valence electrons. The largest absolute Gasteiger partial charge is 0.0610 e. The second-order valence-electron chi connectivity index (χ2n) is 9.54. The summed E-state index contributed by atoms with van der Waals surface area (Å²) in [5.74, 6) is 0. The molecule has 0 aliphatic rings. The molecule has 0 spiro atoms. The summed E-state index contributed by atoms with van der Waals surface area (Å²) in [6, 6.07) is 25.0. The molecule has 0 nitrogen and oxygen atoms in total. The number of halogens is 1. The van der Waals surface area contributed by atoms with Gasteiger partial charge in [0.15, 0.2) is 0 Å². The molecular formula is C32H29Br. The Morgan fingerprint density at radius 2 is 0.818 bits per heavy atom. The van der Waals surface area contributed by atoms with Crippen LogP contribution in [0.15, 0.2) is 71.2 Å².